The van der Waals surface area contributed by atoms with Crippen LogP contribution in [0, 0.1) is 5.92 Å². The third-order valence-electron chi connectivity index (χ3n) is 4.64. The van der Waals surface area contributed by atoms with Gasteiger partial charge in [0.05, 0.1) is 5.25 Å². The van der Waals surface area contributed by atoms with Crippen LogP contribution in [0.2, 0.25) is 0 Å². The zero-order chi connectivity index (χ0) is 19.3. The quantitative estimate of drug-likeness (QED) is 0.663. The van der Waals surface area contributed by atoms with E-state index in [9.17, 15) is 19.5 Å². The van der Waals surface area contributed by atoms with Crippen LogP contribution in [0.1, 0.15) is 44.7 Å². The third-order valence-corrected chi connectivity index (χ3v) is 5.47. The Labute approximate surface area is 159 Å². The summed E-state index contributed by atoms with van der Waals surface area (Å²) in [6, 6.07) is 7.13. The zero-order valence-electron chi connectivity index (χ0n) is 15.1. The summed E-state index contributed by atoms with van der Waals surface area (Å²) >= 11 is 4.32. The Kier molecular flexibility index (Phi) is 7.08. The van der Waals surface area contributed by atoms with Gasteiger partial charge in [0.2, 0.25) is 5.91 Å². The molecule has 2 N–H and O–H groups in total. The molecule has 2 rings (SSSR count). The maximum atomic E-state index is 13.2. The van der Waals surface area contributed by atoms with Crippen molar-refractivity contribution in [1.82, 2.24) is 10.2 Å². The molecule has 142 valence electrons. The highest BCUT2D eigenvalue weighted by atomic mass is 32.1. The highest BCUT2D eigenvalue weighted by Gasteiger charge is 2.37. The van der Waals surface area contributed by atoms with Gasteiger partial charge in [0.15, 0.2) is 0 Å². The Morgan fingerprint density at radius 1 is 1.19 bits per heavy atom. The molecule has 0 aromatic heterocycles. The maximum Gasteiger partial charge on any atom is 0.326 e. The molecule has 1 fully saturated rings. The molecule has 0 aliphatic carbocycles. The van der Waals surface area contributed by atoms with Crippen molar-refractivity contribution < 1.29 is 19.5 Å². The van der Waals surface area contributed by atoms with Gasteiger partial charge in [-0.05, 0) is 30.7 Å². The van der Waals surface area contributed by atoms with Gasteiger partial charge in [-0.1, -0.05) is 44.2 Å². The van der Waals surface area contributed by atoms with Crippen LogP contribution in [0.4, 0.5) is 0 Å². The normalized spacial score (nSPS) is 19.7. The van der Waals surface area contributed by atoms with Gasteiger partial charge in [0.25, 0.3) is 5.91 Å². The first kappa shape index (κ1) is 20.3. The lowest BCUT2D eigenvalue weighted by Crippen LogP contribution is -2.53. The van der Waals surface area contributed by atoms with Crippen molar-refractivity contribution in [2.45, 2.75) is 50.4 Å². The number of nitrogens with one attached hydrogen (secondary N) is 1. The Bertz CT molecular complexity index is 650. The fraction of sp³-hybridized carbons (Fsp3) is 0.526. The molecule has 3 unspecified atom stereocenters. The number of thiol groups is 1. The van der Waals surface area contributed by atoms with Crippen molar-refractivity contribution in [1.29, 1.82) is 0 Å². The molecule has 0 bridgehead atoms. The summed E-state index contributed by atoms with van der Waals surface area (Å²) < 4.78 is 0. The summed E-state index contributed by atoms with van der Waals surface area (Å²) in [5, 5.41) is 11.7. The standard InChI is InChI=1S/C19H26N2O4S/c1-12(2)16(26)17(22)20-15(13-8-4-3-5-9-13)18(23)21-11-7-6-10-14(21)19(24)25/h3-5,8-9,12,14-16,26H,6-7,10-11H2,1-2H3,(H,20,22)(H,24,25). The Morgan fingerprint density at radius 2 is 1.85 bits per heavy atom. The number of carboxylic acids is 1. The van der Waals surface area contributed by atoms with Crippen molar-refractivity contribution >= 4 is 30.4 Å². The lowest BCUT2D eigenvalue weighted by molar-refractivity contribution is -0.153. The molecule has 3 atom stereocenters. The number of carboxylic acid groups (broad SMARTS) is 1. The van der Waals surface area contributed by atoms with Gasteiger partial charge in [-0.15, -0.1) is 0 Å². The molecule has 1 aliphatic rings. The summed E-state index contributed by atoms with van der Waals surface area (Å²) in [6.45, 7) is 4.13. The minimum absolute atomic E-state index is 0.00612. The molecule has 1 aliphatic heterocycles. The summed E-state index contributed by atoms with van der Waals surface area (Å²) in [6.07, 6.45) is 1.96. The Morgan fingerprint density at radius 3 is 2.42 bits per heavy atom. The van der Waals surface area contributed by atoms with Crippen molar-refractivity contribution in [2.75, 3.05) is 6.54 Å². The second-order valence-corrected chi connectivity index (χ2v) is 7.48. The molecular formula is C19H26N2O4S. The monoisotopic (exact) mass is 378 g/mol. The molecular weight excluding hydrogens is 352 g/mol. The Hall–Kier alpha value is -2.02. The van der Waals surface area contributed by atoms with Gasteiger partial charge < -0.3 is 15.3 Å². The van der Waals surface area contributed by atoms with Crippen LogP contribution in [-0.4, -0.2) is 45.6 Å². The van der Waals surface area contributed by atoms with Crippen LogP contribution in [0.25, 0.3) is 0 Å². The lowest BCUT2D eigenvalue weighted by atomic mass is 9.98. The van der Waals surface area contributed by atoms with E-state index in [4.69, 9.17) is 0 Å². The number of nitrogens with zero attached hydrogens (tertiary/aromatic N) is 1. The first-order chi connectivity index (χ1) is 12.3. The predicted octanol–water partition coefficient (Wildman–Crippen LogP) is 2.26. The fourth-order valence-electron chi connectivity index (χ4n) is 3.08. The van der Waals surface area contributed by atoms with Crippen LogP contribution in [-0.2, 0) is 14.4 Å². The topological polar surface area (TPSA) is 86.7 Å². The summed E-state index contributed by atoms with van der Waals surface area (Å²) in [5.41, 5.74) is 0.629. The highest BCUT2D eigenvalue weighted by molar-refractivity contribution is 7.81. The number of carbonyl (C=O) groups is 3. The molecule has 0 saturated carbocycles. The predicted molar refractivity (Wildman–Crippen MR) is 102 cm³/mol. The van der Waals surface area contributed by atoms with E-state index in [1.54, 1.807) is 24.3 Å². The van der Waals surface area contributed by atoms with Crippen molar-refractivity contribution in [3.05, 3.63) is 35.9 Å². The van der Waals surface area contributed by atoms with Crippen molar-refractivity contribution in [3.8, 4) is 0 Å². The van der Waals surface area contributed by atoms with Crippen LogP contribution in [0.5, 0.6) is 0 Å². The Balaban J connectivity index is 2.29. The van der Waals surface area contributed by atoms with Crippen LogP contribution in [0.3, 0.4) is 0 Å². The van der Waals surface area contributed by atoms with E-state index in [2.05, 4.69) is 17.9 Å². The molecule has 1 saturated heterocycles. The number of amides is 2. The van der Waals surface area contributed by atoms with E-state index >= 15 is 0 Å². The molecule has 7 heteroatoms. The molecule has 26 heavy (non-hydrogen) atoms. The first-order valence-corrected chi connectivity index (χ1v) is 9.41. The SMILES string of the molecule is CC(C)C(S)C(=O)NC(C(=O)N1CCCCC1C(=O)O)c1ccccc1. The van der Waals surface area contributed by atoms with Crippen LogP contribution < -0.4 is 5.32 Å². The molecule has 1 heterocycles. The van der Waals surface area contributed by atoms with Crippen molar-refractivity contribution in [2.24, 2.45) is 5.92 Å². The number of rotatable bonds is 6. The number of likely N-dealkylation sites (tertiary alicyclic amines) is 1. The van der Waals surface area contributed by atoms with E-state index in [1.165, 1.54) is 4.90 Å². The molecule has 1 aromatic carbocycles. The second kappa shape index (κ2) is 9.07. The number of carbonyl (C=O) groups excluding carboxylic acids is 2. The van der Waals surface area contributed by atoms with Gasteiger partial charge in [-0.2, -0.15) is 12.6 Å². The van der Waals surface area contributed by atoms with Crippen molar-refractivity contribution in [3.63, 3.8) is 0 Å². The number of benzene rings is 1. The van der Waals surface area contributed by atoms with E-state index in [1.807, 2.05) is 19.9 Å². The van der Waals surface area contributed by atoms with Crippen LogP contribution >= 0.6 is 12.6 Å². The van der Waals surface area contributed by atoms with E-state index < -0.39 is 23.3 Å². The van der Waals surface area contributed by atoms with Crippen LogP contribution in [0.15, 0.2) is 30.3 Å². The zero-order valence-corrected chi connectivity index (χ0v) is 16.0. The van der Waals surface area contributed by atoms with E-state index in [0.717, 1.165) is 12.8 Å². The first-order valence-electron chi connectivity index (χ1n) is 8.89. The van der Waals surface area contributed by atoms with Gasteiger partial charge in [0, 0.05) is 6.54 Å². The average molecular weight is 378 g/mol. The third kappa shape index (κ3) is 4.78. The largest absolute Gasteiger partial charge is 0.480 e. The second-order valence-electron chi connectivity index (χ2n) is 6.92. The van der Waals surface area contributed by atoms with Gasteiger partial charge in [-0.3, -0.25) is 9.59 Å². The average Bonchev–Trinajstić information content (AvgIpc) is 2.65. The molecule has 2 amide bonds. The number of hydrogen-bond acceptors (Lipinski definition) is 4. The molecule has 1 aromatic rings. The summed E-state index contributed by atoms with van der Waals surface area (Å²) in [4.78, 5) is 38.6. The molecule has 0 radical (unpaired) electrons. The summed E-state index contributed by atoms with van der Waals surface area (Å²) in [7, 11) is 0. The number of piperidine rings is 1. The van der Waals surface area contributed by atoms with Gasteiger partial charge >= 0.3 is 5.97 Å². The number of hydrogen-bond donors (Lipinski definition) is 3. The molecule has 0 spiro atoms. The maximum absolute atomic E-state index is 13.2. The van der Waals surface area contributed by atoms with Gasteiger partial charge in [-0.25, -0.2) is 4.79 Å². The smallest absolute Gasteiger partial charge is 0.326 e. The summed E-state index contributed by atoms with van der Waals surface area (Å²) in [5.74, 6) is -1.73. The number of aliphatic carboxylic acids is 1. The lowest BCUT2D eigenvalue weighted by Gasteiger charge is -2.36. The van der Waals surface area contributed by atoms with E-state index in [-0.39, 0.29) is 17.7 Å². The minimum atomic E-state index is -1.01. The fourth-order valence-corrected chi connectivity index (χ4v) is 3.16. The van der Waals surface area contributed by atoms with Gasteiger partial charge in [0.1, 0.15) is 12.1 Å². The van der Waals surface area contributed by atoms with E-state index in [0.29, 0.717) is 18.5 Å². The molecule has 6 nitrogen and oxygen atoms in total. The highest BCUT2D eigenvalue weighted by Crippen LogP contribution is 2.24. The minimum Gasteiger partial charge on any atom is -0.480 e.